The first-order valence-electron chi connectivity index (χ1n) is 6.17. The Morgan fingerprint density at radius 1 is 1.42 bits per heavy atom. The van der Waals surface area contributed by atoms with Gasteiger partial charge in [-0.1, -0.05) is 0 Å². The smallest absolute Gasteiger partial charge is 0.303 e. The Labute approximate surface area is 113 Å². The van der Waals surface area contributed by atoms with Gasteiger partial charge in [0.05, 0.1) is 6.26 Å². The Balaban J connectivity index is 2.58. The molecule has 1 saturated heterocycles. The molecule has 0 aromatic rings. The molecule has 0 spiro atoms. The highest BCUT2D eigenvalue weighted by molar-refractivity contribution is 7.88. The maximum atomic E-state index is 12.2. The highest BCUT2D eigenvalue weighted by Crippen LogP contribution is 2.21. The highest BCUT2D eigenvalue weighted by atomic mass is 32.2. The summed E-state index contributed by atoms with van der Waals surface area (Å²) in [6.45, 7) is 0.692. The van der Waals surface area contributed by atoms with Crippen molar-refractivity contribution in [3.8, 4) is 0 Å². The third-order valence-corrected chi connectivity index (χ3v) is 4.46. The van der Waals surface area contributed by atoms with Crippen LogP contribution in [0.4, 0.5) is 0 Å². The molecule has 0 aromatic heterocycles. The maximum absolute atomic E-state index is 12.2. The van der Waals surface area contributed by atoms with Crippen LogP contribution in [0, 0.1) is 0 Å². The number of likely N-dealkylation sites (N-methyl/N-ethyl adjacent to an activating group) is 1. The second-order valence-corrected chi connectivity index (χ2v) is 6.72. The standard InChI is InChI=1S/C11H20N2O5S/c1-12(7-4-6-10(14)15)11(16)9-5-3-8-13(9)19(2,17)18/h9H,3-8H2,1-2H3,(H,14,15)/t9-/m1/s1. The molecule has 0 aromatic carbocycles. The van der Waals surface area contributed by atoms with Crippen molar-refractivity contribution in [2.45, 2.75) is 31.7 Å². The van der Waals surface area contributed by atoms with E-state index in [9.17, 15) is 18.0 Å². The Morgan fingerprint density at radius 3 is 2.58 bits per heavy atom. The first-order valence-corrected chi connectivity index (χ1v) is 8.02. The number of carboxylic acid groups (broad SMARTS) is 1. The van der Waals surface area contributed by atoms with Crippen LogP contribution in [0.15, 0.2) is 0 Å². The Hall–Kier alpha value is -1.15. The number of carbonyl (C=O) groups is 2. The normalized spacial score (nSPS) is 20.4. The first-order chi connectivity index (χ1) is 8.73. The molecule has 7 nitrogen and oxygen atoms in total. The number of sulfonamides is 1. The van der Waals surface area contributed by atoms with Gasteiger partial charge in [0.1, 0.15) is 6.04 Å². The van der Waals surface area contributed by atoms with E-state index in [-0.39, 0.29) is 12.3 Å². The van der Waals surface area contributed by atoms with Crippen molar-refractivity contribution in [2.24, 2.45) is 0 Å². The molecule has 19 heavy (non-hydrogen) atoms. The van der Waals surface area contributed by atoms with Crippen LogP contribution in [0.1, 0.15) is 25.7 Å². The Kier molecular flexibility index (Phi) is 5.30. The van der Waals surface area contributed by atoms with E-state index < -0.39 is 22.0 Å². The average molecular weight is 292 g/mol. The first kappa shape index (κ1) is 15.9. The minimum Gasteiger partial charge on any atom is -0.481 e. The summed E-state index contributed by atoms with van der Waals surface area (Å²) >= 11 is 0. The van der Waals surface area contributed by atoms with Gasteiger partial charge in [-0.2, -0.15) is 4.31 Å². The van der Waals surface area contributed by atoms with Crippen LogP contribution < -0.4 is 0 Å². The van der Waals surface area contributed by atoms with Gasteiger partial charge in [0.25, 0.3) is 0 Å². The topological polar surface area (TPSA) is 95.0 Å². The lowest BCUT2D eigenvalue weighted by Gasteiger charge is -2.26. The van der Waals surface area contributed by atoms with E-state index in [1.807, 2.05) is 0 Å². The van der Waals surface area contributed by atoms with Crippen molar-refractivity contribution in [3.63, 3.8) is 0 Å². The molecule has 0 aliphatic carbocycles. The van der Waals surface area contributed by atoms with Crippen molar-refractivity contribution in [2.75, 3.05) is 26.4 Å². The molecule has 0 saturated carbocycles. The van der Waals surface area contributed by atoms with E-state index in [4.69, 9.17) is 5.11 Å². The summed E-state index contributed by atoms with van der Waals surface area (Å²) in [5, 5.41) is 8.53. The summed E-state index contributed by atoms with van der Waals surface area (Å²) in [5.41, 5.74) is 0. The largest absolute Gasteiger partial charge is 0.481 e. The fraction of sp³-hybridized carbons (Fsp3) is 0.818. The van der Waals surface area contributed by atoms with Gasteiger partial charge in [-0.15, -0.1) is 0 Å². The molecule has 1 amide bonds. The summed E-state index contributed by atoms with van der Waals surface area (Å²) in [6, 6.07) is -0.634. The lowest BCUT2D eigenvalue weighted by Crippen LogP contribution is -2.46. The van der Waals surface area contributed by atoms with Crippen LogP contribution in [-0.4, -0.2) is 67.0 Å². The van der Waals surface area contributed by atoms with Gasteiger partial charge in [-0.25, -0.2) is 8.42 Å². The average Bonchev–Trinajstić information content (AvgIpc) is 2.75. The molecule has 0 unspecified atom stereocenters. The second kappa shape index (κ2) is 6.33. The molecule has 0 radical (unpaired) electrons. The maximum Gasteiger partial charge on any atom is 0.303 e. The zero-order valence-corrected chi connectivity index (χ0v) is 12.0. The molecule has 1 rings (SSSR count). The van der Waals surface area contributed by atoms with Crippen molar-refractivity contribution in [1.29, 1.82) is 0 Å². The zero-order chi connectivity index (χ0) is 14.6. The van der Waals surface area contributed by atoms with Crippen LogP contribution in [-0.2, 0) is 19.6 Å². The lowest BCUT2D eigenvalue weighted by molar-refractivity contribution is -0.138. The number of hydrogen-bond donors (Lipinski definition) is 1. The van der Waals surface area contributed by atoms with E-state index in [0.29, 0.717) is 32.4 Å². The van der Waals surface area contributed by atoms with Crippen molar-refractivity contribution < 1.29 is 23.1 Å². The summed E-state index contributed by atoms with van der Waals surface area (Å²) in [7, 11) is -1.80. The van der Waals surface area contributed by atoms with Crippen molar-refractivity contribution >= 4 is 21.9 Å². The van der Waals surface area contributed by atoms with Gasteiger partial charge >= 0.3 is 5.97 Å². The summed E-state index contributed by atoms with van der Waals surface area (Å²) in [6.07, 6.45) is 2.66. The van der Waals surface area contributed by atoms with Crippen molar-refractivity contribution in [1.82, 2.24) is 9.21 Å². The second-order valence-electron chi connectivity index (χ2n) is 4.79. The van der Waals surface area contributed by atoms with Gasteiger partial charge in [0, 0.05) is 26.6 Å². The van der Waals surface area contributed by atoms with Crippen molar-refractivity contribution in [3.05, 3.63) is 0 Å². The van der Waals surface area contributed by atoms with E-state index >= 15 is 0 Å². The van der Waals surface area contributed by atoms with Gasteiger partial charge in [0.2, 0.25) is 15.9 Å². The van der Waals surface area contributed by atoms with E-state index in [1.165, 1.54) is 9.21 Å². The Morgan fingerprint density at radius 2 is 2.05 bits per heavy atom. The molecule has 1 N–H and O–H groups in total. The summed E-state index contributed by atoms with van der Waals surface area (Å²) < 4.78 is 24.3. The fourth-order valence-corrected chi connectivity index (χ4v) is 3.33. The number of hydrogen-bond acceptors (Lipinski definition) is 4. The van der Waals surface area contributed by atoms with Crippen LogP contribution in [0.3, 0.4) is 0 Å². The molecule has 1 atom stereocenters. The minimum absolute atomic E-state index is 0.00191. The molecule has 0 bridgehead atoms. The quantitative estimate of drug-likeness (QED) is 0.727. The predicted molar refractivity (Wildman–Crippen MR) is 69.1 cm³/mol. The lowest BCUT2D eigenvalue weighted by atomic mass is 10.2. The van der Waals surface area contributed by atoms with Gasteiger partial charge in [-0.3, -0.25) is 9.59 Å². The van der Waals surface area contributed by atoms with Crippen LogP contribution in [0.2, 0.25) is 0 Å². The van der Waals surface area contributed by atoms with Gasteiger partial charge in [-0.05, 0) is 19.3 Å². The molecule has 8 heteroatoms. The molecule has 1 fully saturated rings. The number of nitrogens with zero attached hydrogens (tertiary/aromatic N) is 2. The molecular formula is C11H20N2O5S. The highest BCUT2D eigenvalue weighted by Gasteiger charge is 2.37. The molecule has 1 aliphatic heterocycles. The predicted octanol–water partition coefficient (Wildman–Crippen LogP) is -0.266. The number of rotatable bonds is 6. The van der Waals surface area contributed by atoms with E-state index in [2.05, 4.69) is 0 Å². The van der Waals surface area contributed by atoms with Crippen LogP contribution in [0.5, 0.6) is 0 Å². The third kappa shape index (κ3) is 4.46. The minimum atomic E-state index is -3.37. The van der Waals surface area contributed by atoms with Crippen LogP contribution in [0.25, 0.3) is 0 Å². The van der Waals surface area contributed by atoms with Gasteiger partial charge < -0.3 is 10.0 Å². The number of carboxylic acids is 1. The number of aliphatic carboxylic acids is 1. The van der Waals surface area contributed by atoms with Crippen LogP contribution >= 0.6 is 0 Å². The van der Waals surface area contributed by atoms with Gasteiger partial charge in [0.15, 0.2) is 0 Å². The molecule has 1 heterocycles. The monoisotopic (exact) mass is 292 g/mol. The SMILES string of the molecule is CN(CCCC(=O)O)C(=O)[C@H]1CCCN1S(C)(=O)=O. The number of amides is 1. The molecule has 110 valence electrons. The molecule has 1 aliphatic rings. The van der Waals surface area contributed by atoms with E-state index in [0.717, 1.165) is 6.26 Å². The summed E-state index contributed by atoms with van der Waals surface area (Å²) in [4.78, 5) is 24.0. The fourth-order valence-electron chi connectivity index (χ4n) is 2.22. The van der Waals surface area contributed by atoms with E-state index in [1.54, 1.807) is 7.05 Å². The number of carbonyl (C=O) groups excluding carboxylic acids is 1. The third-order valence-electron chi connectivity index (χ3n) is 3.18. The Bertz CT molecular complexity index is 448. The summed E-state index contributed by atoms with van der Waals surface area (Å²) in [5.74, 6) is -1.16. The zero-order valence-electron chi connectivity index (χ0n) is 11.2. The molecular weight excluding hydrogens is 272 g/mol.